The van der Waals surface area contributed by atoms with Gasteiger partial charge in [-0.25, -0.2) is 0 Å². The number of nitrogens with zero attached hydrogens (tertiary/aromatic N) is 3. The molecule has 112 valence electrons. The van der Waals surface area contributed by atoms with Crippen molar-refractivity contribution in [1.29, 1.82) is 0 Å². The van der Waals surface area contributed by atoms with Crippen LogP contribution in [0.15, 0.2) is 28.3 Å². The first-order valence-electron chi connectivity index (χ1n) is 7.31. The van der Waals surface area contributed by atoms with Crippen LogP contribution in [-0.2, 0) is 19.5 Å². The van der Waals surface area contributed by atoms with Gasteiger partial charge in [-0.05, 0) is 49.3 Å². The highest BCUT2D eigenvalue weighted by Gasteiger charge is 2.16. The van der Waals surface area contributed by atoms with Crippen molar-refractivity contribution in [3.05, 3.63) is 34.6 Å². The minimum absolute atomic E-state index is 0.757. The van der Waals surface area contributed by atoms with Crippen LogP contribution in [0.3, 0.4) is 0 Å². The lowest BCUT2D eigenvalue weighted by Crippen LogP contribution is -2.06. The number of aryl methyl sites for hydroxylation is 1. The summed E-state index contributed by atoms with van der Waals surface area (Å²) in [5, 5.41) is 13.7. The predicted molar refractivity (Wildman–Crippen MR) is 85.9 cm³/mol. The highest BCUT2D eigenvalue weighted by atomic mass is 35.5. The zero-order valence-electron chi connectivity index (χ0n) is 12.1. The molecule has 0 bridgehead atoms. The smallest absolute Gasteiger partial charge is 0.196 e. The van der Waals surface area contributed by atoms with Gasteiger partial charge in [0.05, 0.1) is 0 Å². The average molecular weight is 323 g/mol. The third-order valence-corrected chi connectivity index (χ3v) is 4.99. The second-order valence-electron chi connectivity index (χ2n) is 5.25. The maximum Gasteiger partial charge on any atom is 0.196 e. The zero-order chi connectivity index (χ0) is 14.7. The van der Waals surface area contributed by atoms with E-state index in [1.54, 1.807) is 11.8 Å². The van der Waals surface area contributed by atoms with E-state index in [0.29, 0.717) is 0 Å². The van der Waals surface area contributed by atoms with E-state index >= 15 is 0 Å². The Morgan fingerprint density at radius 3 is 3.05 bits per heavy atom. The molecule has 1 aromatic heterocycles. The summed E-state index contributed by atoms with van der Waals surface area (Å²) in [5.74, 6) is 1.12. The molecule has 0 saturated heterocycles. The van der Waals surface area contributed by atoms with Crippen molar-refractivity contribution in [3.8, 4) is 0 Å². The molecule has 1 N–H and O–H groups in total. The largest absolute Gasteiger partial charge is 0.316 e. The van der Waals surface area contributed by atoms with Crippen molar-refractivity contribution in [2.45, 2.75) is 48.8 Å². The Balaban J connectivity index is 1.90. The Morgan fingerprint density at radius 2 is 2.19 bits per heavy atom. The lowest BCUT2D eigenvalue weighted by molar-refractivity contribution is 0.591. The van der Waals surface area contributed by atoms with Crippen molar-refractivity contribution in [2.75, 3.05) is 7.05 Å². The van der Waals surface area contributed by atoms with E-state index in [2.05, 4.69) is 26.1 Å². The molecule has 0 unspecified atom stereocenters. The fourth-order valence-electron chi connectivity index (χ4n) is 2.59. The number of aromatic nitrogens is 3. The molecule has 0 atom stereocenters. The van der Waals surface area contributed by atoms with Gasteiger partial charge in [0.2, 0.25) is 0 Å². The molecule has 3 rings (SSSR count). The van der Waals surface area contributed by atoms with Crippen LogP contribution in [0.25, 0.3) is 0 Å². The van der Waals surface area contributed by atoms with Gasteiger partial charge in [0.15, 0.2) is 5.16 Å². The van der Waals surface area contributed by atoms with Crippen LogP contribution in [0.2, 0.25) is 5.02 Å². The summed E-state index contributed by atoms with van der Waals surface area (Å²) in [4.78, 5) is 1.15. The fraction of sp³-hybridized carbons (Fsp3) is 0.467. The van der Waals surface area contributed by atoms with Crippen molar-refractivity contribution >= 4 is 23.4 Å². The van der Waals surface area contributed by atoms with E-state index < -0.39 is 0 Å². The fourth-order valence-corrected chi connectivity index (χ4v) is 3.87. The van der Waals surface area contributed by atoms with Crippen LogP contribution in [-0.4, -0.2) is 21.8 Å². The Kier molecular flexibility index (Phi) is 4.83. The van der Waals surface area contributed by atoms with E-state index in [1.165, 1.54) is 24.8 Å². The Labute approximate surface area is 134 Å². The van der Waals surface area contributed by atoms with Gasteiger partial charge in [0.25, 0.3) is 0 Å². The third-order valence-electron chi connectivity index (χ3n) is 3.67. The van der Waals surface area contributed by atoms with Crippen LogP contribution < -0.4 is 5.32 Å². The average Bonchev–Trinajstić information content (AvgIpc) is 2.71. The van der Waals surface area contributed by atoms with Crippen LogP contribution in [0.5, 0.6) is 0 Å². The van der Waals surface area contributed by atoms with Crippen molar-refractivity contribution in [2.24, 2.45) is 0 Å². The SMILES string of the molecule is CNCc1ccc(Cl)cc1Sc1nnc2n1CCCCC2. The first kappa shape index (κ1) is 14.9. The summed E-state index contributed by atoms with van der Waals surface area (Å²) in [6.45, 7) is 1.84. The normalized spacial score (nSPS) is 14.8. The number of halogens is 1. The maximum absolute atomic E-state index is 6.15. The molecule has 0 aliphatic carbocycles. The van der Waals surface area contributed by atoms with Crippen LogP contribution >= 0.6 is 23.4 Å². The van der Waals surface area contributed by atoms with Gasteiger partial charge in [-0.1, -0.05) is 24.1 Å². The summed E-state index contributed by atoms with van der Waals surface area (Å²) in [5.41, 5.74) is 1.23. The number of rotatable bonds is 4. The highest BCUT2D eigenvalue weighted by molar-refractivity contribution is 7.99. The first-order valence-corrected chi connectivity index (χ1v) is 8.50. The van der Waals surface area contributed by atoms with E-state index in [4.69, 9.17) is 11.6 Å². The van der Waals surface area contributed by atoms with Crippen molar-refractivity contribution < 1.29 is 0 Å². The Bertz CT molecular complexity index is 626. The molecule has 2 aromatic rings. The number of fused-ring (bicyclic) bond motifs is 1. The predicted octanol–water partition coefficient (Wildman–Crippen LogP) is 3.53. The molecule has 2 heterocycles. The zero-order valence-corrected chi connectivity index (χ0v) is 13.7. The summed E-state index contributed by atoms with van der Waals surface area (Å²) >= 11 is 7.81. The van der Waals surface area contributed by atoms with Crippen LogP contribution in [0.1, 0.15) is 30.7 Å². The number of nitrogens with one attached hydrogen (secondary N) is 1. The van der Waals surface area contributed by atoms with Gasteiger partial charge < -0.3 is 9.88 Å². The maximum atomic E-state index is 6.15. The molecule has 0 fully saturated rings. The van der Waals surface area contributed by atoms with Gasteiger partial charge in [-0.3, -0.25) is 0 Å². The lowest BCUT2D eigenvalue weighted by atomic mass is 10.2. The second kappa shape index (κ2) is 6.81. The standard InChI is InChI=1S/C15H19ClN4S/c1-17-10-11-6-7-12(16)9-13(11)21-15-19-18-14-5-3-2-4-8-20(14)15/h6-7,9,17H,2-5,8,10H2,1H3. The summed E-state index contributed by atoms with van der Waals surface area (Å²) < 4.78 is 2.27. The van der Waals surface area contributed by atoms with E-state index in [1.807, 2.05) is 19.2 Å². The first-order chi connectivity index (χ1) is 10.3. The molecule has 0 amide bonds. The lowest BCUT2D eigenvalue weighted by Gasteiger charge is -2.10. The Morgan fingerprint density at radius 1 is 1.29 bits per heavy atom. The molecule has 1 aliphatic heterocycles. The summed E-state index contributed by atoms with van der Waals surface area (Å²) in [7, 11) is 1.95. The van der Waals surface area contributed by atoms with Gasteiger partial charge in [0, 0.05) is 29.4 Å². The number of hydrogen-bond acceptors (Lipinski definition) is 4. The van der Waals surface area contributed by atoms with Gasteiger partial charge in [-0.15, -0.1) is 10.2 Å². The molecule has 6 heteroatoms. The van der Waals surface area contributed by atoms with E-state index in [0.717, 1.165) is 40.4 Å². The molecule has 4 nitrogen and oxygen atoms in total. The minimum atomic E-state index is 0.757. The van der Waals surface area contributed by atoms with Crippen LogP contribution in [0.4, 0.5) is 0 Å². The molecule has 0 radical (unpaired) electrons. The highest BCUT2D eigenvalue weighted by Crippen LogP contribution is 2.32. The number of hydrogen-bond donors (Lipinski definition) is 1. The van der Waals surface area contributed by atoms with Gasteiger partial charge in [0.1, 0.15) is 5.82 Å². The third kappa shape index (κ3) is 3.42. The number of benzene rings is 1. The molecule has 1 aromatic carbocycles. The quantitative estimate of drug-likeness (QED) is 0.935. The molecule has 1 aliphatic rings. The molecule has 0 spiro atoms. The molecule has 21 heavy (non-hydrogen) atoms. The molecular formula is C15H19ClN4S. The van der Waals surface area contributed by atoms with Gasteiger partial charge in [-0.2, -0.15) is 0 Å². The second-order valence-corrected chi connectivity index (χ2v) is 6.69. The monoisotopic (exact) mass is 322 g/mol. The van der Waals surface area contributed by atoms with Gasteiger partial charge >= 0.3 is 0 Å². The summed E-state index contributed by atoms with van der Waals surface area (Å²) in [6, 6.07) is 6.01. The minimum Gasteiger partial charge on any atom is -0.316 e. The Hall–Kier alpha value is -1.04. The van der Waals surface area contributed by atoms with E-state index in [-0.39, 0.29) is 0 Å². The molecular weight excluding hydrogens is 304 g/mol. The van der Waals surface area contributed by atoms with E-state index in [9.17, 15) is 0 Å². The summed E-state index contributed by atoms with van der Waals surface area (Å²) in [6.07, 6.45) is 4.73. The molecule has 0 saturated carbocycles. The topological polar surface area (TPSA) is 42.7 Å². The van der Waals surface area contributed by atoms with Crippen molar-refractivity contribution in [3.63, 3.8) is 0 Å². The van der Waals surface area contributed by atoms with Crippen LogP contribution in [0, 0.1) is 0 Å². The van der Waals surface area contributed by atoms with Crippen molar-refractivity contribution in [1.82, 2.24) is 20.1 Å².